The molecule has 1 saturated heterocycles. The van der Waals surface area contributed by atoms with Crippen LogP contribution in [-0.2, 0) is 19.8 Å². The zero-order valence-corrected chi connectivity index (χ0v) is 21.7. The molecule has 2 aromatic heterocycles. The molecule has 4 aromatic rings. The summed E-state index contributed by atoms with van der Waals surface area (Å²) in [5.74, 6) is 2.14. The van der Waals surface area contributed by atoms with E-state index in [2.05, 4.69) is 27.0 Å². The molecule has 0 amide bonds. The molecule has 0 radical (unpaired) electrons. The first-order chi connectivity index (χ1) is 18.3. The molecule has 2 atom stereocenters. The molecule has 1 saturated carbocycles. The van der Waals surface area contributed by atoms with Gasteiger partial charge in [-0.05, 0) is 79.5 Å². The number of alkyl halides is 3. The van der Waals surface area contributed by atoms with Crippen LogP contribution in [0.4, 0.5) is 13.2 Å². The van der Waals surface area contributed by atoms with Gasteiger partial charge in [0.1, 0.15) is 23.2 Å². The normalized spacial score (nSPS) is 20.1. The second kappa shape index (κ2) is 9.84. The van der Waals surface area contributed by atoms with Crippen molar-refractivity contribution >= 4 is 11.1 Å². The highest BCUT2D eigenvalue weighted by atomic mass is 19.4. The molecule has 3 heterocycles. The fourth-order valence-corrected chi connectivity index (χ4v) is 6.05. The molecule has 9 heteroatoms. The summed E-state index contributed by atoms with van der Waals surface area (Å²) >= 11 is 0. The number of nitrogens with zero attached hydrogens (tertiary/aromatic N) is 5. The van der Waals surface area contributed by atoms with Crippen LogP contribution in [-0.4, -0.2) is 37.7 Å². The van der Waals surface area contributed by atoms with Gasteiger partial charge in [0.25, 0.3) is 0 Å². The van der Waals surface area contributed by atoms with E-state index in [-0.39, 0.29) is 22.9 Å². The smallest absolute Gasteiger partial charge is 0.420 e. The first kappa shape index (κ1) is 25.1. The quantitative estimate of drug-likeness (QED) is 0.278. The summed E-state index contributed by atoms with van der Waals surface area (Å²) < 4.78 is 50.2. The van der Waals surface area contributed by atoms with Crippen LogP contribution in [0.5, 0.6) is 0 Å². The van der Waals surface area contributed by atoms with E-state index in [1.54, 1.807) is 12.4 Å². The fraction of sp³-hybridized carbons (Fsp3) is 0.483. The maximum Gasteiger partial charge on any atom is 0.420 e. The van der Waals surface area contributed by atoms with Gasteiger partial charge in [0.15, 0.2) is 5.58 Å². The Kier molecular flexibility index (Phi) is 6.50. The number of halogens is 3. The van der Waals surface area contributed by atoms with Crippen molar-refractivity contribution in [2.75, 3.05) is 13.1 Å². The van der Waals surface area contributed by atoms with Gasteiger partial charge < -0.3 is 8.98 Å². The maximum atomic E-state index is 14.1. The van der Waals surface area contributed by atoms with Crippen LogP contribution in [0.15, 0.2) is 47.1 Å². The first-order valence-electron chi connectivity index (χ1n) is 13.4. The minimum atomic E-state index is -4.54. The van der Waals surface area contributed by atoms with Gasteiger partial charge in [-0.2, -0.15) is 13.2 Å². The molecule has 0 N–H and O–H groups in total. The van der Waals surface area contributed by atoms with E-state index in [4.69, 9.17) is 4.42 Å². The monoisotopic (exact) mass is 523 g/mol. The Hall–Kier alpha value is -3.20. The van der Waals surface area contributed by atoms with Gasteiger partial charge in [-0.15, -0.1) is 10.2 Å². The Morgan fingerprint density at radius 2 is 1.95 bits per heavy atom. The molecule has 0 bridgehead atoms. The molecule has 200 valence electrons. The van der Waals surface area contributed by atoms with Crippen molar-refractivity contribution < 1.29 is 17.6 Å². The lowest BCUT2D eigenvalue weighted by Crippen LogP contribution is -2.33. The highest BCUT2D eigenvalue weighted by Crippen LogP contribution is 2.44. The summed E-state index contributed by atoms with van der Waals surface area (Å²) in [7, 11) is 1.94. The van der Waals surface area contributed by atoms with Crippen LogP contribution in [0.3, 0.4) is 0 Å². The van der Waals surface area contributed by atoms with E-state index in [1.807, 2.05) is 35.9 Å². The number of aryl methyl sites for hydroxylation is 1. The average molecular weight is 524 g/mol. The Bertz CT molecular complexity index is 1440. The molecule has 0 unspecified atom stereocenters. The van der Waals surface area contributed by atoms with Gasteiger partial charge in [-0.3, -0.25) is 4.90 Å². The lowest BCUT2D eigenvalue weighted by Gasteiger charge is -2.33. The van der Waals surface area contributed by atoms with Crippen molar-refractivity contribution in [3.05, 3.63) is 65.2 Å². The number of aromatic nitrogens is 4. The minimum Gasteiger partial charge on any atom is -0.435 e. The van der Waals surface area contributed by atoms with Crippen molar-refractivity contribution in [3.8, 4) is 11.5 Å². The summed E-state index contributed by atoms with van der Waals surface area (Å²) in [5, 5.41) is 8.46. The van der Waals surface area contributed by atoms with Crippen molar-refractivity contribution in [2.24, 2.45) is 18.9 Å². The topological polar surface area (TPSA) is 60.0 Å². The second-order valence-corrected chi connectivity index (χ2v) is 11.1. The largest absolute Gasteiger partial charge is 0.435 e. The van der Waals surface area contributed by atoms with Crippen LogP contribution in [0.25, 0.3) is 22.6 Å². The van der Waals surface area contributed by atoms with E-state index in [0.29, 0.717) is 29.5 Å². The lowest BCUT2D eigenvalue weighted by atomic mass is 9.72. The predicted molar refractivity (Wildman–Crippen MR) is 138 cm³/mol. The van der Waals surface area contributed by atoms with Crippen LogP contribution in [0, 0.1) is 11.8 Å². The third-order valence-electron chi connectivity index (χ3n) is 8.14. The van der Waals surface area contributed by atoms with Crippen LogP contribution < -0.4 is 0 Å². The zero-order chi connectivity index (χ0) is 26.4. The van der Waals surface area contributed by atoms with Gasteiger partial charge in [-0.1, -0.05) is 25.5 Å². The number of hydrogen-bond donors (Lipinski definition) is 0. The molecule has 1 aliphatic heterocycles. The Balaban J connectivity index is 1.38. The standard InChI is InChI=1S/C29H32F3N5O/c1-18-6-5-11-37(15-18)16-19-12-23(29(30,31)32)26-24(13-19)34-28(38-26)22-10-4-9-21(14-22)25(20-7-3-8-20)27-35-33-17-36(27)2/h4,9-10,12-14,17-18,20,25H,3,5-8,11,15-16H2,1-2H3/t18-,25-/m0/s1. The van der Waals surface area contributed by atoms with Crippen molar-refractivity contribution in [1.29, 1.82) is 0 Å². The van der Waals surface area contributed by atoms with Crippen LogP contribution in [0.1, 0.15) is 67.5 Å². The van der Waals surface area contributed by atoms with Gasteiger partial charge >= 0.3 is 6.18 Å². The Morgan fingerprint density at radius 1 is 1.11 bits per heavy atom. The third-order valence-corrected chi connectivity index (χ3v) is 8.14. The number of hydrogen-bond acceptors (Lipinski definition) is 5. The van der Waals surface area contributed by atoms with E-state index >= 15 is 0 Å². The summed E-state index contributed by atoms with van der Waals surface area (Å²) in [4.78, 5) is 6.80. The number of benzene rings is 2. The lowest BCUT2D eigenvalue weighted by molar-refractivity contribution is -0.136. The van der Waals surface area contributed by atoms with Gasteiger partial charge in [0.05, 0.1) is 0 Å². The van der Waals surface area contributed by atoms with Gasteiger partial charge in [0, 0.05) is 31.6 Å². The molecular weight excluding hydrogens is 491 g/mol. The number of likely N-dealkylation sites (tertiary alicyclic amines) is 1. The minimum absolute atomic E-state index is 0.0600. The molecule has 38 heavy (non-hydrogen) atoms. The van der Waals surface area contributed by atoms with Crippen LogP contribution in [0.2, 0.25) is 0 Å². The number of piperidine rings is 1. The maximum absolute atomic E-state index is 14.1. The highest BCUT2D eigenvalue weighted by molar-refractivity contribution is 5.81. The van der Waals surface area contributed by atoms with Crippen LogP contribution >= 0.6 is 0 Å². The number of oxazole rings is 1. The second-order valence-electron chi connectivity index (χ2n) is 11.1. The molecule has 6 nitrogen and oxygen atoms in total. The van der Waals surface area contributed by atoms with E-state index in [0.717, 1.165) is 50.2 Å². The predicted octanol–water partition coefficient (Wildman–Crippen LogP) is 6.81. The molecule has 2 fully saturated rings. The Morgan fingerprint density at radius 3 is 2.63 bits per heavy atom. The van der Waals surface area contributed by atoms with E-state index < -0.39 is 11.7 Å². The SMILES string of the molecule is C[C@H]1CCCN(Cc2cc(C(F)(F)F)c3oc(-c4cccc([C@@H](c5nncn5C)C5CCC5)c4)nc3c2)C1. The summed E-state index contributed by atoms with van der Waals surface area (Å²) in [6.45, 7) is 4.45. The molecule has 0 spiro atoms. The van der Waals surface area contributed by atoms with Crippen molar-refractivity contribution in [2.45, 2.75) is 57.7 Å². The highest BCUT2D eigenvalue weighted by Gasteiger charge is 2.36. The van der Waals surface area contributed by atoms with E-state index in [9.17, 15) is 13.2 Å². The van der Waals surface area contributed by atoms with Crippen molar-refractivity contribution in [1.82, 2.24) is 24.6 Å². The molecular formula is C29H32F3N5O. The molecule has 1 aliphatic carbocycles. The van der Waals surface area contributed by atoms with E-state index in [1.165, 1.54) is 12.5 Å². The summed E-state index contributed by atoms with van der Waals surface area (Å²) in [5.41, 5.74) is 1.57. The average Bonchev–Trinajstić information content (AvgIpc) is 3.46. The summed E-state index contributed by atoms with van der Waals surface area (Å²) in [6.07, 6.45) is 2.79. The Labute approximate surface area is 219 Å². The molecule has 6 rings (SSSR count). The van der Waals surface area contributed by atoms with Gasteiger partial charge in [0.2, 0.25) is 5.89 Å². The van der Waals surface area contributed by atoms with Crippen molar-refractivity contribution in [3.63, 3.8) is 0 Å². The summed E-state index contributed by atoms with van der Waals surface area (Å²) in [6, 6.07) is 10.8. The van der Waals surface area contributed by atoms with Gasteiger partial charge in [-0.25, -0.2) is 4.98 Å². The number of rotatable bonds is 6. The zero-order valence-electron chi connectivity index (χ0n) is 21.7. The fourth-order valence-electron chi connectivity index (χ4n) is 6.05. The molecule has 2 aromatic carbocycles. The third kappa shape index (κ3) is 4.84. The molecule has 2 aliphatic rings. The number of fused-ring (bicyclic) bond motifs is 1. The first-order valence-corrected chi connectivity index (χ1v) is 13.4.